The van der Waals surface area contributed by atoms with Crippen LogP contribution >= 0.6 is 11.8 Å². The maximum absolute atomic E-state index is 12.4. The molecule has 0 aliphatic carbocycles. The first-order valence-corrected chi connectivity index (χ1v) is 7.63. The molecule has 2 N–H and O–H groups in total. The van der Waals surface area contributed by atoms with Crippen LogP contribution in [-0.2, 0) is 0 Å². The SMILES string of the molecule is NCC#Cc1cccc(C(=O)N2CCCSCC2)c1. The van der Waals surface area contributed by atoms with Crippen LogP contribution in [0, 0.1) is 11.8 Å². The molecule has 1 saturated heterocycles. The van der Waals surface area contributed by atoms with Crippen LogP contribution in [0.2, 0.25) is 0 Å². The Morgan fingerprint density at radius 2 is 2.26 bits per heavy atom. The van der Waals surface area contributed by atoms with Crippen LogP contribution in [0.5, 0.6) is 0 Å². The maximum Gasteiger partial charge on any atom is 0.253 e. The van der Waals surface area contributed by atoms with Crippen LogP contribution in [0.4, 0.5) is 0 Å². The molecular weight excluding hydrogens is 256 g/mol. The molecule has 1 fully saturated rings. The molecule has 1 heterocycles. The highest BCUT2D eigenvalue weighted by atomic mass is 32.2. The predicted octanol–water partition coefficient (Wildman–Crippen LogP) is 1.58. The Labute approximate surface area is 118 Å². The van der Waals surface area contributed by atoms with Gasteiger partial charge in [-0.25, -0.2) is 0 Å². The molecule has 1 aliphatic rings. The van der Waals surface area contributed by atoms with Crippen LogP contribution in [0.3, 0.4) is 0 Å². The van der Waals surface area contributed by atoms with Crippen LogP contribution in [0.1, 0.15) is 22.3 Å². The van der Waals surface area contributed by atoms with E-state index < -0.39 is 0 Å². The normalized spacial score (nSPS) is 15.3. The molecule has 0 saturated carbocycles. The van der Waals surface area contributed by atoms with Crippen molar-refractivity contribution in [3.8, 4) is 11.8 Å². The van der Waals surface area contributed by atoms with Gasteiger partial charge in [-0.1, -0.05) is 17.9 Å². The van der Waals surface area contributed by atoms with Gasteiger partial charge in [-0.3, -0.25) is 4.79 Å². The third kappa shape index (κ3) is 4.02. The molecule has 1 amide bonds. The van der Waals surface area contributed by atoms with Crippen molar-refractivity contribution >= 4 is 17.7 Å². The summed E-state index contributed by atoms with van der Waals surface area (Å²) in [5.74, 6) is 8.06. The number of nitrogens with zero attached hydrogens (tertiary/aromatic N) is 1. The van der Waals surface area contributed by atoms with E-state index in [0.717, 1.165) is 42.1 Å². The standard InChI is InChI=1S/C15H18N2OS/c16-7-2-5-13-4-1-6-14(12-13)15(18)17-8-3-10-19-11-9-17/h1,4,6,12H,3,7-11,16H2. The van der Waals surface area contributed by atoms with E-state index in [-0.39, 0.29) is 5.91 Å². The molecule has 0 radical (unpaired) electrons. The number of carbonyl (C=O) groups excluding carboxylic acids is 1. The van der Waals surface area contributed by atoms with E-state index in [1.165, 1.54) is 0 Å². The van der Waals surface area contributed by atoms with Crippen LogP contribution in [0.25, 0.3) is 0 Å². The highest BCUT2D eigenvalue weighted by Crippen LogP contribution is 2.14. The van der Waals surface area contributed by atoms with Gasteiger partial charge in [-0.15, -0.1) is 0 Å². The Morgan fingerprint density at radius 1 is 1.37 bits per heavy atom. The summed E-state index contributed by atoms with van der Waals surface area (Å²) in [6.07, 6.45) is 1.07. The molecule has 4 heteroatoms. The van der Waals surface area contributed by atoms with E-state index in [1.54, 1.807) is 0 Å². The van der Waals surface area contributed by atoms with E-state index in [9.17, 15) is 4.79 Å². The zero-order chi connectivity index (χ0) is 13.5. The molecule has 0 spiro atoms. The zero-order valence-electron chi connectivity index (χ0n) is 10.9. The van der Waals surface area contributed by atoms with Crippen LogP contribution < -0.4 is 5.73 Å². The lowest BCUT2D eigenvalue weighted by Crippen LogP contribution is -2.32. The van der Waals surface area contributed by atoms with Gasteiger partial charge < -0.3 is 10.6 Å². The number of rotatable bonds is 1. The topological polar surface area (TPSA) is 46.3 Å². The van der Waals surface area contributed by atoms with Crippen molar-refractivity contribution in [3.05, 3.63) is 35.4 Å². The van der Waals surface area contributed by atoms with Crippen LogP contribution in [0.15, 0.2) is 24.3 Å². The molecule has 0 unspecified atom stereocenters. The number of benzene rings is 1. The van der Waals surface area contributed by atoms with Crippen molar-refractivity contribution in [3.63, 3.8) is 0 Å². The van der Waals surface area contributed by atoms with Crippen molar-refractivity contribution in [1.82, 2.24) is 4.90 Å². The van der Waals surface area contributed by atoms with Crippen molar-refractivity contribution in [2.24, 2.45) is 5.73 Å². The Bertz CT molecular complexity index is 496. The molecule has 2 rings (SSSR count). The smallest absolute Gasteiger partial charge is 0.253 e. The summed E-state index contributed by atoms with van der Waals surface area (Å²) >= 11 is 1.92. The molecule has 0 aromatic heterocycles. The molecule has 100 valence electrons. The summed E-state index contributed by atoms with van der Waals surface area (Å²) < 4.78 is 0. The minimum Gasteiger partial charge on any atom is -0.338 e. The van der Waals surface area contributed by atoms with Gasteiger partial charge in [0.15, 0.2) is 0 Å². The third-order valence-corrected chi connectivity index (χ3v) is 4.00. The first-order chi connectivity index (χ1) is 9.31. The monoisotopic (exact) mass is 274 g/mol. The summed E-state index contributed by atoms with van der Waals surface area (Å²) in [5.41, 5.74) is 6.92. The minimum atomic E-state index is 0.110. The van der Waals surface area contributed by atoms with E-state index in [4.69, 9.17) is 5.73 Å². The second-order valence-corrected chi connectivity index (χ2v) is 5.57. The van der Waals surface area contributed by atoms with Gasteiger partial charge in [0.25, 0.3) is 5.91 Å². The second-order valence-electron chi connectivity index (χ2n) is 4.34. The van der Waals surface area contributed by atoms with E-state index in [2.05, 4.69) is 11.8 Å². The first-order valence-electron chi connectivity index (χ1n) is 6.47. The molecule has 0 atom stereocenters. The molecule has 1 aromatic carbocycles. The van der Waals surface area contributed by atoms with E-state index in [0.29, 0.717) is 6.54 Å². The van der Waals surface area contributed by atoms with Gasteiger partial charge >= 0.3 is 0 Å². The molecule has 1 aromatic rings. The Kier molecular flexibility index (Phi) is 5.31. The molecule has 19 heavy (non-hydrogen) atoms. The summed E-state index contributed by atoms with van der Waals surface area (Å²) in [4.78, 5) is 14.4. The lowest BCUT2D eigenvalue weighted by molar-refractivity contribution is 0.0768. The van der Waals surface area contributed by atoms with E-state index in [1.807, 2.05) is 40.9 Å². The Morgan fingerprint density at radius 3 is 3.11 bits per heavy atom. The fourth-order valence-electron chi connectivity index (χ4n) is 2.01. The lowest BCUT2D eigenvalue weighted by atomic mass is 10.1. The highest BCUT2D eigenvalue weighted by Gasteiger charge is 2.17. The van der Waals surface area contributed by atoms with Crippen molar-refractivity contribution in [2.75, 3.05) is 31.1 Å². The lowest BCUT2D eigenvalue weighted by Gasteiger charge is -2.20. The summed E-state index contributed by atoms with van der Waals surface area (Å²) in [6, 6.07) is 7.48. The number of hydrogen-bond donors (Lipinski definition) is 1. The van der Waals surface area contributed by atoms with Gasteiger partial charge in [0.05, 0.1) is 6.54 Å². The van der Waals surface area contributed by atoms with Gasteiger partial charge in [0.2, 0.25) is 0 Å². The molecule has 3 nitrogen and oxygen atoms in total. The Balaban J connectivity index is 2.13. The number of thioether (sulfide) groups is 1. The minimum absolute atomic E-state index is 0.110. The number of amides is 1. The first kappa shape index (κ1) is 14.0. The number of hydrogen-bond acceptors (Lipinski definition) is 3. The fourth-order valence-corrected chi connectivity index (χ4v) is 2.90. The van der Waals surface area contributed by atoms with Gasteiger partial charge in [0.1, 0.15) is 0 Å². The summed E-state index contributed by atoms with van der Waals surface area (Å²) in [7, 11) is 0. The Hall–Kier alpha value is -1.44. The highest BCUT2D eigenvalue weighted by molar-refractivity contribution is 7.99. The number of nitrogens with two attached hydrogens (primary N) is 1. The molecular formula is C15H18N2OS. The fraction of sp³-hybridized carbons (Fsp3) is 0.400. The predicted molar refractivity (Wildman–Crippen MR) is 80.2 cm³/mol. The van der Waals surface area contributed by atoms with Gasteiger partial charge in [-0.05, 0) is 30.4 Å². The summed E-state index contributed by atoms with van der Waals surface area (Å²) in [5, 5.41) is 0. The van der Waals surface area contributed by atoms with Crippen molar-refractivity contribution < 1.29 is 4.79 Å². The van der Waals surface area contributed by atoms with Crippen molar-refractivity contribution in [2.45, 2.75) is 6.42 Å². The molecule has 1 aliphatic heterocycles. The van der Waals surface area contributed by atoms with Gasteiger partial charge in [-0.2, -0.15) is 11.8 Å². The quantitative estimate of drug-likeness (QED) is 0.791. The largest absolute Gasteiger partial charge is 0.338 e. The number of carbonyl (C=O) groups is 1. The van der Waals surface area contributed by atoms with Gasteiger partial charge in [0, 0.05) is 30.0 Å². The molecule has 0 bridgehead atoms. The third-order valence-electron chi connectivity index (χ3n) is 2.95. The average molecular weight is 274 g/mol. The van der Waals surface area contributed by atoms with Crippen LogP contribution in [-0.4, -0.2) is 41.9 Å². The average Bonchev–Trinajstić information content (AvgIpc) is 2.73. The zero-order valence-corrected chi connectivity index (χ0v) is 11.7. The van der Waals surface area contributed by atoms with Crippen molar-refractivity contribution in [1.29, 1.82) is 0 Å². The second kappa shape index (κ2) is 7.22. The summed E-state index contributed by atoms with van der Waals surface area (Å²) in [6.45, 7) is 2.02. The maximum atomic E-state index is 12.4. The van der Waals surface area contributed by atoms with E-state index >= 15 is 0 Å².